The quantitative estimate of drug-likeness (QED) is 0.425. The van der Waals surface area contributed by atoms with Gasteiger partial charge in [-0.25, -0.2) is 12.1 Å². The summed E-state index contributed by atoms with van der Waals surface area (Å²) in [5.74, 6) is 0.877. The maximum absolute atomic E-state index is 5.41. The molecule has 1 saturated carbocycles. The number of hydrogen-bond donors (Lipinski definition) is 0. The van der Waals surface area contributed by atoms with Crippen molar-refractivity contribution < 1.29 is 17.1 Å². The third kappa shape index (κ3) is 5.86. The van der Waals surface area contributed by atoms with Gasteiger partial charge in [-0.1, -0.05) is 50.0 Å². The van der Waals surface area contributed by atoms with Gasteiger partial charge in [-0.3, -0.25) is 0 Å². The summed E-state index contributed by atoms with van der Waals surface area (Å²) in [6, 6.07) is 10.0. The van der Waals surface area contributed by atoms with Crippen molar-refractivity contribution in [2.75, 3.05) is 0 Å². The molecule has 1 aromatic carbocycles. The predicted molar refractivity (Wildman–Crippen MR) is 81.3 cm³/mol. The second-order valence-electron chi connectivity index (χ2n) is 4.91. The Bertz CT molecular complexity index is 389. The van der Waals surface area contributed by atoms with Crippen LogP contribution in [0.1, 0.15) is 32.1 Å². The predicted octanol–water partition coefficient (Wildman–Crippen LogP) is 4.90. The molecule has 102 valence electrons. The molecule has 3 rings (SSSR count). The van der Waals surface area contributed by atoms with E-state index >= 15 is 0 Å². The van der Waals surface area contributed by atoms with Crippen molar-refractivity contribution in [3.8, 4) is 0 Å². The minimum absolute atomic E-state index is 0. The van der Waals surface area contributed by atoms with Gasteiger partial charge in [0.15, 0.2) is 0 Å². The van der Waals surface area contributed by atoms with Crippen LogP contribution in [0.25, 0.3) is 0 Å². The summed E-state index contributed by atoms with van der Waals surface area (Å²) in [4.78, 5) is 1.16. The molecule has 0 radical (unpaired) electrons. The number of rotatable bonds is 2. The van der Waals surface area contributed by atoms with Crippen molar-refractivity contribution in [1.82, 2.24) is 0 Å². The standard InChI is InChI=1S/C12H16S.C5H5.Fe/c13-12(11-7-3-4-8-11)9-10-5-1-2-6-10;1-2-4-5-3-1;/h3-4,7-8,10,13H,1-2,5-6,9H2;1-5H;/q;-1;+2/p-1. The van der Waals surface area contributed by atoms with Crippen molar-refractivity contribution in [2.24, 2.45) is 5.92 Å². The summed E-state index contributed by atoms with van der Waals surface area (Å²) >= 11 is 5.41. The molecular weight excluding hydrogens is 292 g/mol. The molecule has 0 saturated heterocycles. The molecule has 0 aromatic heterocycles. The molecular formula is C17H20FeS. The van der Waals surface area contributed by atoms with Gasteiger partial charge in [0.1, 0.15) is 0 Å². The molecule has 1 aromatic rings. The molecule has 0 unspecified atom stereocenters. The first kappa shape index (κ1) is 16.4. The van der Waals surface area contributed by atoms with Gasteiger partial charge >= 0.3 is 17.1 Å². The average Bonchev–Trinajstić information content (AvgIpc) is 3.15. The summed E-state index contributed by atoms with van der Waals surface area (Å²) < 4.78 is 0. The smallest absolute Gasteiger partial charge is 0.783 e. The van der Waals surface area contributed by atoms with E-state index in [1.807, 2.05) is 30.3 Å². The number of hydrogen-bond acceptors (Lipinski definition) is 1. The molecule has 19 heavy (non-hydrogen) atoms. The SMILES string of the molecule is [Fe+2].[S-]C(CC1CCCC1)=C1C=CC=C1.c1cc[cH-]c1. The maximum Gasteiger partial charge on any atom is 2.00 e. The van der Waals surface area contributed by atoms with E-state index in [0.717, 1.165) is 17.2 Å². The van der Waals surface area contributed by atoms with E-state index in [9.17, 15) is 0 Å². The van der Waals surface area contributed by atoms with Crippen LogP contribution in [0, 0.1) is 5.92 Å². The van der Waals surface area contributed by atoms with Gasteiger partial charge in [-0.2, -0.15) is 23.1 Å². The van der Waals surface area contributed by atoms with E-state index in [4.69, 9.17) is 12.6 Å². The van der Waals surface area contributed by atoms with Gasteiger partial charge < -0.3 is 12.6 Å². The average molecular weight is 312 g/mol. The van der Waals surface area contributed by atoms with Crippen LogP contribution in [0.3, 0.4) is 0 Å². The monoisotopic (exact) mass is 312 g/mol. The minimum Gasteiger partial charge on any atom is -0.783 e. The first-order valence-corrected chi connectivity index (χ1v) is 7.18. The molecule has 2 heteroatoms. The van der Waals surface area contributed by atoms with Gasteiger partial charge in [0.05, 0.1) is 0 Å². The van der Waals surface area contributed by atoms with Crippen LogP contribution < -0.4 is 0 Å². The minimum atomic E-state index is 0. The van der Waals surface area contributed by atoms with Crippen LogP contribution in [-0.2, 0) is 29.7 Å². The maximum atomic E-state index is 5.41. The molecule has 0 amide bonds. The molecule has 0 heterocycles. The Morgan fingerprint density at radius 3 is 2.16 bits per heavy atom. The van der Waals surface area contributed by atoms with Crippen molar-refractivity contribution in [1.29, 1.82) is 0 Å². The Labute approximate surface area is 132 Å². The van der Waals surface area contributed by atoms with Crippen molar-refractivity contribution in [3.63, 3.8) is 0 Å². The molecule has 0 atom stereocenters. The van der Waals surface area contributed by atoms with E-state index in [0.29, 0.717) is 0 Å². The first-order valence-electron chi connectivity index (χ1n) is 6.78. The van der Waals surface area contributed by atoms with Gasteiger partial charge in [-0.15, -0.1) is 0 Å². The second-order valence-corrected chi connectivity index (χ2v) is 5.41. The molecule has 1 fully saturated rings. The van der Waals surface area contributed by atoms with Gasteiger partial charge in [0.25, 0.3) is 0 Å². The summed E-state index contributed by atoms with van der Waals surface area (Å²) in [5.41, 5.74) is 1.27. The van der Waals surface area contributed by atoms with Crippen LogP contribution in [0.5, 0.6) is 0 Å². The molecule has 2 aliphatic carbocycles. The Morgan fingerprint density at radius 2 is 1.68 bits per heavy atom. The molecule has 0 bridgehead atoms. The van der Waals surface area contributed by atoms with Gasteiger partial charge in [0.2, 0.25) is 0 Å². The van der Waals surface area contributed by atoms with Crippen molar-refractivity contribution in [2.45, 2.75) is 32.1 Å². The Hall–Kier alpha value is -0.691. The summed E-state index contributed by atoms with van der Waals surface area (Å²) in [7, 11) is 0. The van der Waals surface area contributed by atoms with Crippen LogP contribution in [0.15, 0.2) is 65.1 Å². The Morgan fingerprint density at radius 1 is 1.11 bits per heavy atom. The zero-order chi connectivity index (χ0) is 12.6. The zero-order valence-corrected chi connectivity index (χ0v) is 13.0. The largest absolute Gasteiger partial charge is 2.00 e. The molecule has 2 aliphatic rings. The first-order chi connectivity index (χ1) is 8.86. The molecule has 0 aliphatic heterocycles. The van der Waals surface area contributed by atoms with Gasteiger partial charge in [0, 0.05) is 0 Å². The normalized spacial score (nSPS) is 16.9. The fourth-order valence-corrected chi connectivity index (χ4v) is 2.85. The van der Waals surface area contributed by atoms with E-state index < -0.39 is 0 Å². The van der Waals surface area contributed by atoms with Crippen LogP contribution in [0.2, 0.25) is 0 Å². The molecule has 0 N–H and O–H groups in total. The summed E-state index contributed by atoms with van der Waals surface area (Å²) in [5, 5.41) is 0. The fourth-order valence-electron chi connectivity index (χ4n) is 2.48. The topological polar surface area (TPSA) is 0 Å². The summed E-state index contributed by atoms with van der Waals surface area (Å²) in [6.45, 7) is 0. The van der Waals surface area contributed by atoms with E-state index in [2.05, 4.69) is 24.3 Å². The third-order valence-corrected chi connectivity index (χ3v) is 3.89. The molecule has 0 nitrogen and oxygen atoms in total. The Kier molecular flexibility index (Phi) is 7.97. The summed E-state index contributed by atoms with van der Waals surface area (Å²) in [6.07, 6.45) is 15.1. The van der Waals surface area contributed by atoms with E-state index in [1.54, 1.807) is 0 Å². The van der Waals surface area contributed by atoms with E-state index in [1.165, 1.54) is 31.3 Å². The number of allylic oxidation sites excluding steroid dienone is 6. The van der Waals surface area contributed by atoms with Crippen LogP contribution in [-0.4, -0.2) is 0 Å². The van der Waals surface area contributed by atoms with Crippen LogP contribution >= 0.6 is 0 Å². The van der Waals surface area contributed by atoms with Crippen molar-refractivity contribution in [3.05, 3.63) is 65.1 Å². The van der Waals surface area contributed by atoms with Gasteiger partial charge in [-0.05, 0) is 17.9 Å². The molecule has 0 spiro atoms. The van der Waals surface area contributed by atoms with Crippen LogP contribution in [0.4, 0.5) is 0 Å². The second kappa shape index (κ2) is 9.25. The van der Waals surface area contributed by atoms with Crippen molar-refractivity contribution >= 4 is 12.6 Å². The van der Waals surface area contributed by atoms with E-state index in [-0.39, 0.29) is 17.1 Å². The zero-order valence-electron chi connectivity index (χ0n) is 11.1. The fraction of sp³-hybridized carbons (Fsp3) is 0.353. The third-order valence-electron chi connectivity index (χ3n) is 3.49. The Balaban J connectivity index is 0.000000256.